The Bertz CT molecular complexity index is 292. The number of nitrogens with one attached hydrogen (secondary N) is 2. The van der Waals surface area contributed by atoms with Crippen LogP contribution in [0.4, 0.5) is 4.79 Å². The summed E-state index contributed by atoms with van der Waals surface area (Å²) in [5, 5.41) is 14.7. The second-order valence-corrected chi connectivity index (χ2v) is 5.39. The van der Waals surface area contributed by atoms with Crippen LogP contribution in [0.5, 0.6) is 0 Å². The SMILES string of the molecule is CC(C)COCCCNC(=O)N[C@@H]1C=C[C@H](CO)C1. The Morgan fingerprint density at radius 1 is 1.47 bits per heavy atom. The second kappa shape index (κ2) is 8.93. The molecule has 0 saturated heterocycles. The maximum atomic E-state index is 11.6. The zero-order valence-corrected chi connectivity index (χ0v) is 11.9. The lowest BCUT2D eigenvalue weighted by Crippen LogP contribution is -2.41. The predicted octanol–water partition coefficient (Wildman–Crippen LogP) is 1.29. The van der Waals surface area contributed by atoms with Crippen molar-refractivity contribution in [2.45, 2.75) is 32.7 Å². The van der Waals surface area contributed by atoms with Crippen LogP contribution < -0.4 is 10.6 Å². The van der Waals surface area contributed by atoms with E-state index in [0.717, 1.165) is 19.4 Å². The molecule has 1 aliphatic carbocycles. The maximum absolute atomic E-state index is 11.6. The lowest BCUT2D eigenvalue weighted by molar-refractivity contribution is 0.108. The van der Waals surface area contributed by atoms with Gasteiger partial charge < -0.3 is 20.5 Å². The van der Waals surface area contributed by atoms with Crippen molar-refractivity contribution in [2.75, 3.05) is 26.4 Å². The van der Waals surface area contributed by atoms with E-state index in [1.54, 1.807) is 0 Å². The number of carbonyl (C=O) groups excluding carboxylic acids is 1. The van der Waals surface area contributed by atoms with Gasteiger partial charge in [-0.2, -0.15) is 0 Å². The van der Waals surface area contributed by atoms with Gasteiger partial charge in [-0.3, -0.25) is 0 Å². The summed E-state index contributed by atoms with van der Waals surface area (Å²) >= 11 is 0. The molecule has 5 nitrogen and oxygen atoms in total. The standard InChI is InChI=1S/C14H26N2O3/c1-11(2)10-19-7-3-6-15-14(18)16-13-5-4-12(8-13)9-17/h4-5,11-13,17H,3,6-10H2,1-2H3,(H2,15,16,18)/t12-,13+/m0/s1. The number of aliphatic hydroxyl groups excluding tert-OH is 1. The number of hydrogen-bond acceptors (Lipinski definition) is 3. The highest BCUT2D eigenvalue weighted by Gasteiger charge is 2.19. The van der Waals surface area contributed by atoms with Crippen LogP contribution >= 0.6 is 0 Å². The fourth-order valence-corrected chi connectivity index (χ4v) is 1.93. The van der Waals surface area contributed by atoms with Crippen molar-refractivity contribution in [2.24, 2.45) is 11.8 Å². The normalized spacial score (nSPS) is 21.9. The van der Waals surface area contributed by atoms with Crippen molar-refractivity contribution in [3.63, 3.8) is 0 Å². The van der Waals surface area contributed by atoms with Gasteiger partial charge in [0, 0.05) is 38.3 Å². The Morgan fingerprint density at radius 2 is 2.26 bits per heavy atom. The number of hydrogen-bond donors (Lipinski definition) is 3. The van der Waals surface area contributed by atoms with Gasteiger partial charge in [-0.05, 0) is 18.8 Å². The second-order valence-electron chi connectivity index (χ2n) is 5.39. The van der Waals surface area contributed by atoms with Crippen LogP contribution in [0.15, 0.2) is 12.2 Å². The first-order valence-electron chi connectivity index (χ1n) is 7.03. The first-order chi connectivity index (χ1) is 9.11. The van der Waals surface area contributed by atoms with Crippen LogP contribution in [0.3, 0.4) is 0 Å². The molecule has 2 amide bonds. The molecule has 2 atom stereocenters. The first kappa shape index (κ1) is 16.0. The molecule has 0 spiro atoms. The van der Waals surface area contributed by atoms with Crippen LogP contribution in [0, 0.1) is 11.8 Å². The molecule has 3 N–H and O–H groups in total. The van der Waals surface area contributed by atoms with E-state index >= 15 is 0 Å². The number of urea groups is 1. The lowest BCUT2D eigenvalue weighted by Gasteiger charge is -2.13. The number of aliphatic hydroxyl groups is 1. The van der Waals surface area contributed by atoms with Gasteiger partial charge >= 0.3 is 6.03 Å². The van der Waals surface area contributed by atoms with Crippen LogP contribution in [0.25, 0.3) is 0 Å². The topological polar surface area (TPSA) is 70.6 Å². The highest BCUT2D eigenvalue weighted by atomic mass is 16.5. The van der Waals surface area contributed by atoms with E-state index in [4.69, 9.17) is 9.84 Å². The molecular weight excluding hydrogens is 244 g/mol. The van der Waals surface area contributed by atoms with Crippen molar-refractivity contribution in [3.05, 3.63) is 12.2 Å². The number of amides is 2. The van der Waals surface area contributed by atoms with E-state index in [1.807, 2.05) is 12.2 Å². The Kier molecular flexibility index (Phi) is 7.52. The molecule has 0 bridgehead atoms. The zero-order chi connectivity index (χ0) is 14.1. The molecule has 19 heavy (non-hydrogen) atoms. The smallest absolute Gasteiger partial charge is 0.315 e. The van der Waals surface area contributed by atoms with Gasteiger partial charge in [0.1, 0.15) is 0 Å². The van der Waals surface area contributed by atoms with Gasteiger partial charge in [0.25, 0.3) is 0 Å². The summed E-state index contributed by atoms with van der Waals surface area (Å²) in [6, 6.07) is -0.119. The third-order valence-electron chi connectivity index (χ3n) is 2.93. The molecule has 0 fully saturated rings. The van der Waals surface area contributed by atoms with E-state index in [2.05, 4.69) is 24.5 Å². The molecule has 0 unspecified atom stereocenters. The van der Waals surface area contributed by atoms with E-state index < -0.39 is 0 Å². The molecule has 1 aliphatic rings. The third-order valence-corrected chi connectivity index (χ3v) is 2.93. The largest absolute Gasteiger partial charge is 0.396 e. The Labute approximate surface area is 115 Å². The van der Waals surface area contributed by atoms with Crippen molar-refractivity contribution in [1.82, 2.24) is 10.6 Å². The molecule has 0 radical (unpaired) electrons. The molecule has 0 aromatic carbocycles. The van der Waals surface area contributed by atoms with Gasteiger partial charge in [-0.1, -0.05) is 26.0 Å². The van der Waals surface area contributed by atoms with Crippen molar-refractivity contribution in [1.29, 1.82) is 0 Å². The minimum absolute atomic E-state index is 0.0364. The summed E-state index contributed by atoms with van der Waals surface area (Å²) in [7, 11) is 0. The fraction of sp³-hybridized carbons (Fsp3) is 0.786. The highest BCUT2D eigenvalue weighted by Crippen LogP contribution is 2.16. The maximum Gasteiger partial charge on any atom is 0.315 e. The summed E-state index contributed by atoms with van der Waals surface area (Å²) in [6.07, 6.45) is 5.48. The average molecular weight is 270 g/mol. The van der Waals surface area contributed by atoms with Crippen molar-refractivity contribution in [3.8, 4) is 0 Å². The summed E-state index contributed by atoms with van der Waals surface area (Å²) in [4.78, 5) is 11.6. The zero-order valence-electron chi connectivity index (χ0n) is 11.9. The number of carbonyl (C=O) groups is 1. The van der Waals surface area contributed by atoms with E-state index in [-0.39, 0.29) is 24.6 Å². The first-order valence-corrected chi connectivity index (χ1v) is 7.03. The van der Waals surface area contributed by atoms with Crippen LogP contribution in [-0.4, -0.2) is 43.5 Å². The molecule has 1 rings (SSSR count). The monoisotopic (exact) mass is 270 g/mol. The molecule has 0 heterocycles. The van der Waals surface area contributed by atoms with Gasteiger partial charge in [0.05, 0.1) is 0 Å². The molecule has 5 heteroatoms. The van der Waals surface area contributed by atoms with Crippen LogP contribution in [-0.2, 0) is 4.74 Å². The average Bonchev–Trinajstić information content (AvgIpc) is 2.81. The fourth-order valence-electron chi connectivity index (χ4n) is 1.93. The molecule has 0 aromatic heterocycles. The summed E-state index contributed by atoms with van der Waals surface area (Å²) < 4.78 is 5.43. The van der Waals surface area contributed by atoms with Crippen LogP contribution in [0.2, 0.25) is 0 Å². The Hall–Kier alpha value is -1.07. The summed E-state index contributed by atoms with van der Waals surface area (Å²) in [5.41, 5.74) is 0. The predicted molar refractivity (Wildman–Crippen MR) is 74.9 cm³/mol. The summed E-state index contributed by atoms with van der Waals surface area (Å²) in [5.74, 6) is 0.722. The van der Waals surface area contributed by atoms with Gasteiger partial charge in [-0.25, -0.2) is 4.79 Å². The van der Waals surface area contributed by atoms with E-state index in [1.165, 1.54) is 0 Å². The van der Waals surface area contributed by atoms with Crippen LogP contribution in [0.1, 0.15) is 26.7 Å². The van der Waals surface area contributed by atoms with Gasteiger partial charge in [-0.15, -0.1) is 0 Å². The number of rotatable bonds is 8. The van der Waals surface area contributed by atoms with E-state index in [9.17, 15) is 4.79 Å². The third kappa shape index (κ3) is 7.18. The molecule has 0 saturated carbocycles. The Balaban J connectivity index is 1.98. The van der Waals surface area contributed by atoms with Crippen molar-refractivity contribution >= 4 is 6.03 Å². The molecular formula is C14H26N2O3. The van der Waals surface area contributed by atoms with Gasteiger partial charge in [0.2, 0.25) is 0 Å². The molecule has 0 aliphatic heterocycles. The summed E-state index contributed by atoms with van der Waals surface area (Å²) in [6.45, 7) is 6.42. The minimum atomic E-state index is -0.155. The molecule has 0 aromatic rings. The number of ether oxygens (including phenoxy) is 1. The minimum Gasteiger partial charge on any atom is -0.396 e. The lowest BCUT2D eigenvalue weighted by atomic mass is 10.1. The van der Waals surface area contributed by atoms with Gasteiger partial charge in [0.15, 0.2) is 0 Å². The Morgan fingerprint density at radius 3 is 2.89 bits per heavy atom. The van der Waals surface area contributed by atoms with Crippen molar-refractivity contribution < 1.29 is 14.6 Å². The quantitative estimate of drug-likeness (QED) is 0.460. The molecule has 110 valence electrons. The van der Waals surface area contributed by atoms with E-state index in [0.29, 0.717) is 19.1 Å². The highest BCUT2D eigenvalue weighted by molar-refractivity contribution is 5.74.